The first-order valence-electron chi connectivity index (χ1n) is 8.31. The van der Waals surface area contributed by atoms with Gasteiger partial charge in [0.1, 0.15) is 17.7 Å². The van der Waals surface area contributed by atoms with E-state index in [-0.39, 0.29) is 46.9 Å². The molecule has 5 nitrogen and oxygen atoms in total. The van der Waals surface area contributed by atoms with Gasteiger partial charge in [-0.05, 0) is 12.5 Å². The molecule has 0 fully saturated rings. The molecule has 0 saturated carbocycles. The summed E-state index contributed by atoms with van der Waals surface area (Å²) in [6.45, 7) is 3.94. The maximum atomic E-state index is 12.9. The molecule has 2 aromatic heterocycles. The van der Waals surface area contributed by atoms with Crippen molar-refractivity contribution in [3.63, 3.8) is 0 Å². The van der Waals surface area contributed by atoms with Crippen LogP contribution in [-0.2, 0) is 32.7 Å². The van der Waals surface area contributed by atoms with Crippen LogP contribution in [0.2, 0.25) is 0 Å². The smallest absolute Gasteiger partial charge is 0.194 e. The second-order valence-electron chi connectivity index (χ2n) is 6.13. The normalized spacial score (nSPS) is 10.1. The van der Waals surface area contributed by atoms with Gasteiger partial charge >= 0.3 is 0 Å². The van der Waals surface area contributed by atoms with E-state index in [2.05, 4.69) is 21.5 Å². The first-order chi connectivity index (χ1) is 12.6. The van der Waals surface area contributed by atoms with Crippen LogP contribution >= 0.6 is 0 Å². The molecule has 4 radical (unpaired) electrons. The minimum absolute atomic E-state index is 0. The molecule has 4 rings (SSSR count). The van der Waals surface area contributed by atoms with Crippen LogP contribution in [0.4, 0.5) is 11.5 Å². The van der Waals surface area contributed by atoms with Crippen molar-refractivity contribution in [3.8, 4) is 0 Å². The predicted octanol–water partition coefficient (Wildman–Crippen LogP) is 3.74. The third-order valence-corrected chi connectivity index (χ3v) is 4.44. The number of hydrogen-bond acceptors (Lipinski definition) is 4. The number of aromatic nitrogens is 3. The van der Waals surface area contributed by atoms with Crippen LogP contribution in [0, 0.1) is 19.9 Å². The van der Waals surface area contributed by atoms with Gasteiger partial charge in [-0.2, -0.15) is 29.4 Å². The molecule has 7 heteroatoms. The Morgan fingerprint density at radius 1 is 1.14 bits per heavy atom. The van der Waals surface area contributed by atoms with Crippen molar-refractivity contribution in [1.82, 2.24) is 14.6 Å². The van der Waals surface area contributed by atoms with Gasteiger partial charge in [0.05, 0.1) is 0 Å². The summed E-state index contributed by atoms with van der Waals surface area (Å²) in [5.74, 6) is 0.635. The molecular weight excluding hydrogens is 424 g/mol. The molecule has 1 N–H and O–H groups in total. The number of ketones is 1. The van der Waals surface area contributed by atoms with E-state index in [9.17, 15) is 4.79 Å². The monoisotopic (exact) mass is 441 g/mol. The number of hydrogen-bond donors (Lipinski definition) is 1. The number of carbonyl (C=O) groups excluding carboxylic acids is 1. The molecule has 0 spiro atoms. The minimum atomic E-state index is -0.0243. The summed E-state index contributed by atoms with van der Waals surface area (Å²) in [6, 6.07) is 18.0. The molecule has 2 heterocycles. The Morgan fingerprint density at radius 3 is 2.61 bits per heavy atom. The molecule has 0 unspecified atom stereocenters. The van der Waals surface area contributed by atoms with Crippen LogP contribution in [0.15, 0.2) is 61.1 Å². The van der Waals surface area contributed by atoms with E-state index < -0.39 is 0 Å². The number of anilines is 2. The third kappa shape index (κ3) is 4.08. The Kier molecular flexibility index (Phi) is 7.28. The third-order valence-electron chi connectivity index (χ3n) is 4.44. The maximum absolute atomic E-state index is 12.9. The zero-order valence-electron chi connectivity index (χ0n) is 15.7. The second kappa shape index (κ2) is 9.26. The van der Waals surface area contributed by atoms with Crippen LogP contribution in [0.3, 0.4) is 0 Å². The minimum Gasteiger partial charge on any atom is -0.391 e. The van der Waals surface area contributed by atoms with E-state index >= 15 is 0 Å². The van der Waals surface area contributed by atoms with E-state index in [4.69, 9.17) is 0 Å². The van der Waals surface area contributed by atoms with Gasteiger partial charge in [-0.1, -0.05) is 42.9 Å². The summed E-state index contributed by atoms with van der Waals surface area (Å²) in [7, 11) is 0. The van der Waals surface area contributed by atoms with Crippen LogP contribution in [0.5, 0.6) is 0 Å². The maximum Gasteiger partial charge on any atom is 0.194 e. The van der Waals surface area contributed by atoms with Gasteiger partial charge in [0.25, 0.3) is 0 Å². The molecule has 0 bridgehead atoms. The molecular formula is C21H17BN4OY-. The van der Waals surface area contributed by atoms with Crippen LogP contribution in [0.1, 0.15) is 27.0 Å². The number of fused-ring (bicyclic) bond motifs is 1. The van der Waals surface area contributed by atoms with Gasteiger partial charge in [0.15, 0.2) is 5.78 Å². The zero-order valence-corrected chi connectivity index (χ0v) is 18.5. The summed E-state index contributed by atoms with van der Waals surface area (Å²) in [6.07, 6.45) is 3.24. The number of rotatable bonds is 4. The van der Waals surface area contributed by atoms with E-state index in [1.54, 1.807) is 10.7 Å². The SMILES string of the molecule is Cc1cc[c-]cc1Nc1ncnn2cc(C(=O)c3ccccc3)c(C)c12.[B].[Y]. The molecule has 2 aromatic carbocycles. The van der Waals surface area contributed by atoms with E-state index in [0.717, 1.165) is 22.3 Å². The van der Waals surface area contributed by atoms with Crippen LogP contribution in [-0.4, -0.2) is 28.8 Å². The molecule has 0 aliphatic rings. The van der Waals surface area contributed by atoms with Crippen molar-refractivity contribution >= 4 is 31.2 Å². The van der Waals surface area contributed by atoms with Gasteiger partial charge in [0.2, 0.25) is 0 Å². The molecule has 0 atom stereocenters. The summed E-state index contributed by atoms with van der Waals surface area (Å²) in [4.78, 5) is 17.3. The Balaban J connectivity index is 0.00000140. The van der Waals surface area contributed by atoms with Crippen molar-refractivity contribution in [2.75, 3.05) is 5.32 Å². The summed E-state index contributed by atoms with van der Waals surface area (Å²) >= 11 is 0. The van der Waals surface area contributed by atoms with Gasteiger partial charge < -0.3 is 5.32 Å². The van der Waals surface area contributed by atoms with Gasteiger partial charge in [-0.3, -0.25) is 4.79 Å². The predicted molar refractivity (Wildman–Crippen MR) is 107 cm³/mol. The van der Waals surface area contributed by atoms with E-state index in [0.29, 0.717) is 16.9 Å². The summed E-state index contributed by atoms with van der Waals surface area (Å²) in [5.41, 5.74) is 4.92. The van der Waals surface area contributed by atoms with Gasteiger partial charge in [-0.25, -0.2) is 9.50 Å². The molecule has 28 heavy (non-hydrogen) atoms. The van der Waals surface area contributed by atoms with E-state index in [1.165, 1.54) is 6.33 Å². The summed E-state index contributed by atoms with van der Waals surface area (Å²) < 4.78 is 1.70. The quantitative estimate of drug-likeness (QED) is 0.298. The van der Waals surface area contributed by atoms with Crippen LogP contribution < -0.4 is 5.32 Å². The Morgan fingerprint density at radius 2 is 1.89 bits per heavy atom. The average molecular weight is 441 g/mol. The number of nitrogens with one attached hydrogen (secondary N) is 1. The van der Waals surface area contributed by atoms with Crippen molar-refractivity contribution in [3.05, 3.63) is 89.4 Å². The van der Waals surface area contributed by atoms with Crippen molar-refractivity contribution in [2.45, 2.75) is 13.8 Å². The fourth-order valence-electron chi connectivity index (χ4n) is 3.00. The number of benzene rings is 2. The molecule has 134 valence electrons. The fraction of sp³-hybridized carbons (Fsp3) is 0.0952. The second-order valence-corrected chi connectivity index (χ2v) is 6.13. The Hall–Kier alpha value is -2.30. The summed E-state index contributed by atoms with van der Waals surface area (Å²) in [5, 5.41) is 7.60. The van der Waals surface area contributed by atoms with Crippen molar-refractivity contribution in [1.29, 1.82) is 0 Å². The molecule has 0 aliphatic carbocycles. The number of carbonyl (C=O) groups is 1. The van der Waals surface area contributed by atoms with Gasteiger partial charge in [-0.15, -0.1) is 5.56 Å². The molecule has 0 aliphatic heterocycles. The first-order valence-corrected chi connectivity index (χ1v) is 8.31. The first kappa shape index (κ1) is 22.0. The topological polar surface area (TPSA) is 59.3 Å². The van der Waals surface area contributed by atoms with E-state index in [1.807, 2.05) is 62.4 Å². The molecule has 0 saturated heterocycles. The number of aryl methyl sites for hydroxylation is 2. The van der Waals surface area contributed by atoms with Crippen molar-refractivity contribution < 1.29 is 37.5 Å². The van der Waals surface area contributed by atoms with Crippen molar-refractivity contribution in [2.24, 2.45) is 0 Å². The molecule has 4 aromatic rings. The van der Waals surface area contributed by atoms with Gasteiger partial charge in [0, 0.05) is 58.4 Å². The average Bonchev–Trinajstić information content (AvgIpc) is 3.01. The zero-order chi connectivity index (χ0) is 18.1. The fourth-order valence-corrected chi connectivity index (χ4v) is 3.00. The Bertz CT molecular complexity index is 1110. The van der Waals surface area contributed by atoms with Crippen LogP contribution in [0.25, 0.3) is 5.52 Å². The number of nitrogens with zero attached hydrogens (tertiary/aromatic N) is 3. The largest absolute Gasteiger partial charge is 0.391 e. The Labute approximate surface area is 191 Å². The standard InChI is InChI=1S/C21H17N4O.B.Y/c1-14-8-6-7-11-18(14)24-21-19-15(2)17(12-25(19)23-13-22-21)20(26)16-9-4-3-5-10-16;;/h3-6,8-13H,1-2H3,(H,22,23,24);;/q-1;;. The molecule has 0 amide bonds.